The van der Waals surface area contributed by atoms with Crippen LogP contribution in [-0.2, 0) is 27.8 Å². The van der Waals surface area contributed by atoms with Crippen molar-refractivity contribution in [3.8, 4) is 0 Å². The topological polar surface area (TPSA) is 86.3 Å². The van der Waals surface area contributed by atoms with Crippen molar-refractivity contribution < 1.29 is 37.2 Å². The third kappa shape index (κ3) is 15.4. The number of rotatable bonds is 21. The minimum atomic E-state index is -4.29. The highest BCUT2D eigenvalue weighted by molar-refractivity contribution is 7.45. The molecule has 1 heterocycles. The number of phosphoric acid groups is 1. The van der Waals surface area contributed by atoms with Crippen LogP contribution in [0.5, 0.6) is 0 Å². The summed E-state index contributed by atoms with van der Waals surface area (Å²) < 4.78 is 40.1. The molecule has 2 fully saturated rings. The molecule has 214 valence electrons. The standard InChI is InChI=1S/C27H54NO7P/c1-3-4-5-6-7-8-9-10-11-12-20-32-26-13-15-27(16-14-26)33-24-25-35-36(29,30)34-23-19-28(2)17-21-31-22-18-28/h26-27H,3-25H2,1-2H3. The van der Waals surface area contributed by atoms with Crippen LogP contribution in [0.25, 0.3) is 0 Å². The lowest BCUT2D eigenvalue weighted by molar-refractivity contribution is -0.916. The molecule has 1 saturated heterocycles. The van der Waals surface area contributed by atoms with Gasteiger partial charge in [0, 0.05) is 6.61 Å². The van der Waals surface area contributed by atoms with E-state index >= 15 is 0 Å². The molecule has 0 amide bonds. The maximum Gasteiger partial charge on any atom is 0.268 e. The fourth-order valence-corrected chi connectivity index (χ4v) is 5.66. The molecule has 0 aromatic heterocycles. The molecule has 0 radical (unpaired) electrons. The number of nitrogens with zero attached hydrogens (tertiary/aromatic N) is 1. The Hall–Kier alpha value is -0.0500. The Bertz CT molecular complexity index is 580. The number of likely N-dealkylation sites (N-methyl/N-ethyl adjacent to an activating group) is 1. The second-order valence-corrected chi connectivity index (χ2v) is 12.2. The average molecular weight is 536 g/mol. The first-order chi connectivity index (χ1) is 17.4. The molecule has 1 aliphatic heterocycles. The van der Waals surface area contributed by atoms with Crippen molar-refractivity contribution in [1.29, 1.82) is 0 Å². The molecule has 0 aromatic rings. The third-order valence-electron chi connectivity index (χ3n) is 7.59. The predicted molar refractivity (Wildman–Crippen MR) is 141 cm³/mol. The lowest BCUT2D eigenvalue weighted by Gasteiger charge is -2.37. The van der Waals surface area contributed by atoms with Gasteiger partial charge in [0.15, 0.2) is 0 Å². The van der Waals surface area contributed by atoms with Gasteiger partial charge in [-0.1, -0.05) is 64.7 Å². The van der Waals surface area contributed by atoms with Crippen LogP contribution in [0.3, 0.4) is 0 Å². The first kappa shape index (κ1) is 32.2. The van der Waals surface area contributed by atoms with Crippen molar-refractivity contribution in [3.05, 3.63) is 0 Å². The molecule has 36 heavy (non-hydrogen) atoms. The summed E-state index contributed by atoms with van der Waals surface area (Å²) in [6.07, 6.45) is 17.8. The summed E-state index contributed by atoms with van der Waals surface area (Å²) in [6.45, 7) is 7.28. The SMILES string of the molecule is CCCCCCCCCCCCOC1CCC(OCCOP(=O)([O-])OCC[N+]2(C)CCOCC2)CC1. The molecule has 0 aromatic carbocycles. The van der Waals surface area contributed by atoms with Crippen molar-refractivity contribution in [3.63, 3.8) is 0 Å². The van der Waals surface area contributed by atoms with E-state index in [0.717, 1.165) is 56.3 Å². The van der Waals surface area contributed by atoms with Gasteiger partial charge in [0.2, 0.25) is 0 Å². The van der Waals surface area contributed by atoms with Gasteiger partial charge < -0.3 is 32.6 Å². The van der Waals surface area contributed by atoms with Gasteiger partial charge in [-0.05, 0) is 32.1 Å². The van der Waals surface area contributed by atoms with Crippen LogP contribution in [0.4, 0.5) is 0 Å². The molecule has 2 aliphatic rings. The molecular weight excluding hydrogens is 481 g/mol. The number of ether oxygens (including phenoxy) is 3. The fourth-order valence-electron chi connectivity index (χ4n) is 4.99. The largest absolute Gasteiger partial charge is 0.756 e. The summed E-state index contributed by atoms with van der Waals surface area (Å²) in [5.74, 6) is 0. The van der Waals surface area contributed by atoms with E-state index in [9.17, 15) is 9.46 Å². The summed E-state index contributed by atoms with van der Waals surface area (Å²) in [7, 11) is -2.20. The molecule has 9 heteroatoms. The van der Waals surface area contributed by atoms with Crippen LogP contribution in [0.1, 0.15) is 96.8 Å². The van der Waals surface area contributed by atoms with E-state index in [1.54, 1.807) is 0 Å². The zero-order chi connectivity index (χ0) is 26.0. The molecule has 8 nitrogen and oxygen atoms in total. The highest BCUT2D eigenvalue weighted by Gasteiger charge is 2.26. The Morgan fingerprint density at radius 3 is 1.83 bits per heavy atom. The first-order valence-electron chi connectivity index (χ1n) is 14.7. The van der Waals surface area contributed by atoms with Crippen molar-refractivity contribution in [1.82, 2.24) is 0 Å². The van der Waals surface area contributed by atoms with E-state index in [2.05, 4.69) is 14.0 Å². The third-order valence-corrected chi connectivity index (χ3v) is 8.59. The number of quaternary nitrogens is 1. The monoisotopic (exact) mass is 535 g/mol. The highest BCUT2D eigenvalue weighted by Crippen LogP contribution is 2.38. The number of hydrogen-bond donors (Lipinski definition) is 0. The fraction of sp³-hybridized carbons (Fsp3) is 1.00. The number of hydrogen-bond acceptors (Lipinski definition) is 7. The molecule has 0 bridgehead atoms. The molecule has 1 atom stereocenters. The van der Waals surface area contributed by atoms with Crippen LogP contribution >= 0.6 is 7.82 Å². The maximum atomic E-state index is 12.0. The Labute approximate surface area is 220 Å². The van der Waals surface area contributed by atoms with E-state index in [4.69, 9.17) is 23.3 Å². The molecule has 0 N–H and O–H groups in total. The van der Waals surface area contributed by atoms with Gasteiger partial charge in [-0.15, -0.1) is 0 Å². The van der Waals surface area contributed by atoms with Gasteiger partial charge in [-0.3, -0.25) is 4.57 Å². The van der Waals surface area contributed by atoms with E-state index in [1.807, 2.05) is 0 Å². The van der Waals surface area contributed by atoms with E-state index in [-0.39, 0.29) is 25.9 Å². The van der Waals surface area contributed by atoms with Gasteiger partial charge in [-0.2, -0.15) is 0 Å². The zero-order valence-corrected chi connectivity index (χ0v) is 24.1. The van der Waals surface area contributed by atoms with Gasteiger partial charge >= 0.3 is 0 Å². The number of morpholine rings is 1. The Morgan fingerprint density at radius 2 is 1.25 bits per heavy atom. The van der Waals surface area contributed by atoms with Crippen LogP contribution < -0.4 is 4.89 Å². The zero-order valence-electron chi connectivity index (χ0n) is 23.2. The van der Waals surface area contributed by atoms with Crippen LogP contribution in [0.15, 0.2) is 0 Å². The molecular formula is C27H54NO7P. The van der Waals surface area contributed by atoms with E-state index in [0.29, 0.717) is 25.9 Å². The summed E-state index contributed by atoms with van der Waals surface area (Å²) in [5, 5.41) is 0. The lowest BCUT2D eigenvalue weighted by Crippen LogP contribution is -2.53. The predicted octanol–water partition coefficient (Wildman–Crippen LogP) is 5.23. The second-order valence-electron chi connectivity index (χ2n) is 10.8. The molecule has 1 saturated carbocycles. The molecule has 1 aliphatic carbocycles. The first-order valence-corrected chi connectivity index (χ1v) is 16.1. The smallest absolute Gasteiger partial charge is 0.268 e. The summed E-state index contributed by atoms with van der Waals surface area (Å²) in [6, 6.07) is 0. The van der Waals surface area contributed by atoms with Gasteiger partial charge in [-0.25, -0.2) is 0 Å². The van der Waals surface area contributed by atoms with Gasteiger partial charge in [0.1, 0.15) is 26.2 Å². The van der Waals surface area contributed by atoms with Gasteiger partial charge in [0.25, 0.3) is 7.82 Å². The van der Waals surface area contributed by atoms with Crippen LogP contribution in [0, 0.1) is 0 Å². The highest BCUT2D eigenvalue weighted by atomic mass is 31.2. The van der Waals surface area contributed by atoms with Crippen molar-refractivity contribution in [2.24, 2.45) is 0 Å². The number of phosphoric ester groups is 1. The Balaban J connectivity index is 1.39. The van der Waals surface area contributed by atoms with Crippen molar-refractivity contribution >= 4 is 7.82 Å². The molecule has 0 spiro atoms. The normalized spacial score (nSPS) is 24.0. The van der Waals surface area contributed by atoms with Crippen LogP contribution in [-0.4, -0.2) is 83.0 Å². The summed E-state index contributed by atoms with van der Waals surface area (Å²) in [5.41, 5.74) is 0. The summed E-state index contributed by atoms with van der Waals surface area (Å²) in [4.78, 5) is 12.0. The Kier molecular flexibility index (Phi) is 17.0. The summed E-state index contributed by atoms with van der Waals surface area (Å²) >= 11 is 0. The van der Waals surface area contributed by atoms with Crippen molar-refractivity contribution in [2.75, 3.05) is 66.3 Å². The number of unbranched alkanes of at least 4 members (excludes halogenated alkanes) is 9. The average Bonchev–Trinajstić information content (AvgIpc) is 2.86. The van der Waals surface area contributed by atoms with Gasteiger partial charge in [0.05, 0.1) is 45.7 Å². The minimum Gasteiger partial charge on any atom is -0.756 e. The van der Waals surface area contributed by atoms with E-state index in [1.165, 1.54) is 57.8 Å². The quantitative estimate of drug-likeness (QED) is 0.113. The molecule has 1 unspecified atom stereocenters. The minimum absolute atomic E-state index is 0.00406. The second kappa shape index (κ2) is 19.1. The maximum absolute atomic E-state index is 12.0. The van der Waals surface area contributed by atoms with Crippen LogP contribution in [0.2, 0.25) is 0 Å². The molecule has 2 rings (SSSR count). The van der Waals surface area contributed by atoms with E-state index < -0.39 is 7.82 Å². The Morgan fingerprint density at radius 1 is 0.750 bits per heavy atom. The van der Waals surface area contributed by atoms with Crippen molar-refractivity contribution in [2.45, 2.75) is 109 Å². The lowest BCUT2D eigenvalue weighted by atomic mass is 9.95.